The smallest absolute Gasteiger partial charge is 0.223 e. The number of amides is 1. The summed E-state index contributed by atoms with van der Waals surface area (Å²) in [7, 11) is 0. The van der Waals surface area contributed by atoms with Crippen LogP contribution in [-0.2, 0) is 16.1 Å². The summed E-state index contributed by atoms with van der Waals surface area (Å²) in [5, 5.41) is 7.77. The van der Waals surface area contributed by atoms with Gasteiger partial charge >= 0.3 is 0 Å². The molecular formula is C22H31ClN6O2S. The molecule has 174 valence electrons. The molecule has 2 aromatic heterocycles. The van der Waals surface area contributed by atoms with Crippen LogP contribution in [0.25, 0.3) is 0 Å². The first-order chi connectivity index (χ1) is 15.6. The van der Waals surface area contributed by atoms with Crippen LogP contribution in [-0.4, -0.2) is 77.0 Å². The maximum atomic E-state index is 12.3. The first-order valence-electron chi connectivity index (χ1n) is 11.2. The van der Waals surface area contributed by atoms with Crippen LogP contribution in [0.1, 0.15) is 29.7 Å². The summed E-state index contributed by atoms with van der Waals surface area (Å²) in [6.45, 7) is 7.77. The molecule has 4 rings (SSSR count). The molecule has 4 heterocycles. The molecule has 0 saturated carbocycles. The lowest BCUT2D eigenvalue weighted by Gasteiger charge is -2.33. The number of carbonyl (C=O) groups is 1. The molecule has 2 saturated heterocycles. The van der Waals surface area contributed by atoms with E-state index in [1.807, 2.05) is 18.0 Å². The monoisotopic (exact) mass is 478 g/mol. The van der Waals surface area contributed by atoms with E-state index in [1.165, 1.54) is 5.56 Å². The average molecular weight is 479 g/mol. The molecule has 2 N–H and O–H groups in total. The second-order valence-corrected chi connectivity index (χ2v) is 9.91. The number of piperidine rings is 1. The molecule has 2 fully saturated rings. The third kappa shape index (κ3) is 6.54. The van der Waals surface area contributed by atoms with E-state index in [2.05, 4.69) is 32.7 Å². The second-order valence-electron chi connectivity index (χ2n) is 8.30. The third-order valence-electron chi connectivity index (χ3n) is 5.69. The number of halogens is 1. The van der Waals surface area contributed by atoms with Gasteiger partial charge in [-0.1, -0.05) is 0 Å². The van der Waals surface area contributed by atoms with E-state index < -0.39 is 0 Å². The van der Waals surface area contributed by atoms with Crippen LogP contribution in [0.15, 0.2) is 18.3 Å². The van der Waals surface area contributed by atoms with Crippen LogP contribution in [0.4, 0.5) is 16.8 Å². The highest BCUT2D eigenvalue weighted by Crippen LogP contribution is 2.25. The highest BCUT2D eigenvalue weighted by atomic mass is 35.5. The van der Waals surface area contributed by atoms with E-state index in [4.69, 9.17) is 21.3 Å². The number of likely N-dealkylation sites (tertiary alicyclic amines) is 1. The van der Waals surface area contributed by atoms with Gasteiger partial charge in [-0.2, -0.15) is 0 Å². The summed E-state index contributed by atoms with van der Waals surface area (Å²) in [4.78, 5) is 27.0. The lowest BCUT2D eigenvalue weighted by molar-refractivity contribution is -0.131. The summed E-state index contributed by atoms with van der Waals surface area (Å²) < 4.78 is 5.49. The number of ether oxygens (including phenoxy) is 1. The number of anilines is 3. The number of thiazole rings is 1. The van der Waals surface area contributed by atoms with Crippen molar-refractivity contribution in [3.05, 3.63) is 28.8 Å². The van der Waals surface area contributed by atoms with Gasteiger partial charge in [0.1, 0.15) is 11.6 Å². The molecule has 8 nitrogen and oxygen atoms in total. The third-order valence-corrected chi connectivity index (χ3v) is 6.70. The first-order valence-corrected chi connectivity index (χ1v) is 12.5. The Labute approximate surface area is 198 Å². The molecular weight excluding hydrogens is 448 g/mol. The Hall–Kier alpha value is -1.94. The molecule has 1 atom stereocenters. The SMILES string of the molecule is Cc1cnc(Nc2cc(CN3CCOCC3)cc(NC3CCCN(C(=O)CCCl)C3)n2)s1. The van der Waals surface area contributed by atoms with Crippen molar-refractivity contribution in [1.82, 2.24) is 19.8 Å². The molecule has 1 unspecified atom stereocenters. The Bertz CT molecular complexity index is 904. The summed E-state index contributed by atoms with van der Waals surface area (Å²) >= 11 is 7.38. The Balaban J connectivity index is 1.49. The summed E-state index contributed by atoms with van der Waals surface area (Å²) in [5.41, 5.74) is 1.19. The van der Waals surface area contributed by atoms with E-state index in [0.717, 1.165) is 73.9 Å². The van der Waals surface area contributed by atoms with Crippen molar-refractivity contribution in [2.45, 2.75) is 38.8 Å². The molecule has 10 heteroatoms. The van der Waals surface area contributed by atoms with E-state index in [1.54, 1.807) is 11.3 Å². The van der Waals surface area contributed by atoms with Gasteiger partial charge in [0.15, 0.2) is 5.13 Å². The van der Waals surface area contributed by atoms with Gasteiger partial charge in [0.25, 0.3) is 0 Å². The van der Waals surface area contributed by atoms with Gasteiger partial charge in [-0.3, -0.25) is 9.69 Å². The van der Waals surface area contributed by atoms with Crippen LogP contribution in [0, 0.1) is 6.92 Å². The van der Waals surface area contributed by atoms with Gasteiger partial charge in [0, 0.05) is 62.1 Å². The average Bonchev–Trinajstić information content (AvgIpc) is 3.19. The predicted molar refractivity (Wildman–Crippen MR) is 129 cm³/mol. The van der Waals surface area contributed by atoms with Gasteiger partial charge in [-0.05, 0) is 37.5 Å². The Morgan fingerprint density at radius 2 is 2.09 bits per heavy atom. The molecule has 0 radical (unpaired) electrons. The fraction of sp³-hybridized carbons (Fsp3) is 0.591. The Morgan fingerprint density at radius 3 is 2.84 bits per heavy atom. The van der Waals surface area contributed by atoms with Gasteiger partial charge in [-0.15, -0.1) is 22.9 Å². The highest BCUT2D eigenvalue weighted by molar-refractivity contribution is 7.15. The maximum Gasteiger partial charge on any atom is 0.223 e. The number of carbonyl (C=O) groups excluding carboxylic acids is 1. The molecule has 2 aliphatic rings. The van der Waals surface area contributed by atoms with Gasteiger partial charge in [0.2, 0.25) is 5.91 Å². The minimum absolute atomic E-state index is 0.127. The number of hydrogen-bond donors (Lipinski definition) is 2. The van der Waals surface area contributed by atoms with Gasteiger partial charge in [0.05, 0.1) is 13.2 Å². The fourth-order valence-corrected chi connectivity index (χ4v) is 4.96. The standard InChI is InChI=1S/C22H31ClN6O2S/c1-16-13-24-22(32-16)27-20-12-17(14-28-7-9-31-10-8-28)11-19(26-20)25-18-3-2-6-29(15-18)21(30)4-5-23/h11-13,18H,2-10,14-15H2,1H3,(H2,24,25,26,27). The summed E-state index contributed by atoms with van der Waals surface area (Å²) in [5.74, 6) is 2.09. The van der Waals surface area contributed by atoms with Crippen molar-refractivity contribution < 1.29 is 9.53 Å². The van der Waals surface area contributed by atoms with E-state index in [-0.39, 0.29) is 11.9 Å². The minimum atomic E-state index is 0.127. The number of nitrogens with one attached hydrogen (secondary N) is 2. The maximum absolute atomic E-state index is 12.3. The quantitative estimate of drug-likeness (QED) is 0.562. The number of morpholine rings is 1. The molecule has 2 aromatic rings. The largest absolute Gasteiger partial charge is 0.379 e. The molecule has 0 aliphatic carbocycles. The zero-order chi connectivity index (χ0) is 22.3. The van der Waals surface area contributed by atoms with Gasteiger partial charge in [-0.25, -0.2) is 9.97 Å². The van der Waals surface area contributed by atoms with Crippen LogP contribution >= 0.6 is 22.9 Å². The van der Waals surface area contributed by atoms with Gasteiger partial charge < -0.3 is 20.3 Å². The fourth-order valence-electron chi connectivity index (χ4n) is 4.13. The molecule has 2 aliphatic heterocycles. The zero-order valence-corrected chi connectivity index (χ0v) is 20.1. The van der Waals surface area contributed by atoms with Crippen molar-refractivity contribution >= 4 is 45.6 Å². The van der Waals surface area contributed by atoms with Crippen molar-refractivity contribution in [1.29, 1.82) is 0 Å². The van der Waals surface area contributed by atoms with E-state index in [9.17, 15) is 4.79 Å². The van der Waals surface area contributed by atoms with Crippen molar-refractivity contribution in [3.8, 4) is 0 Å². The van der Waals surface area contributed by atoms with E-state index in [0.29, 0.717) is 18.8 Å². The van der Waals surface area contributed by atoms with Crippen LogP contribution in [0.3, 0.4) is 0 Å². The van der Waals surface area contributed by atoms with Crippen molar-refractivity contribution in [3.63, 3.8) is 0 Å². The number of nitrogens with zero attached hydrogens (tertiary/aromatic N) is 4. The van der Waals surface area contributed by atoms with Crippen LogP contribution < -0.4 is 10.6 Å². The number of hydrogen-bond acceptors (Lipinski definition) is 8. The first kappa shape index (κ1) is 23.2. The minimum Gasteiger partial charge on any atom is -0.379 e. The zero-order valence-electron chi connectivity index (χ0n) is 18.5. The molecule has 0 aromatic carbocycles. The van der Waals surface area contributed by atoms with Crippen LogP contribution in [0.5, 0.6) is 0 Å². The van der Waals surface area contributed by atoms with Crippen LogP contribution in [0.2, 0.25) is 0 Å². The summed E-state index contributed by atoms with van der Waals surface area (Å²) in [6.07, 6.45) is 4.23. The lowest BCUT2D eigenvalue weighted by atomic mass is 10.1. The number of aryl methyl sites for hydroxylation is 1. The molecule has 0 spiro atoms. The van der Waals surface area contributed by atoms with E-state index >= 15 is 0 Å². The Morgan fingerprint density at radius 1 is 1.28 bits per heavy atom. The molecule has 0 bridgehead atoms. The normalized spacial score (nSPS) is 19.7. The van der Waals surface area contributed by atoms with Crippen molar-refractivity contribution in [2.75, 3.05) is 55.9 Å². The number of pyridine rings is 1. The number of aromatic nitrogens is 2. The summed E-state index contributed by atoms with van der Waals surface area (Å²) in [6, 6.07) is 4.38. The molecule has 32 heavy (non-hydrogen) atoms. The van der Waals surface area contributed by atoms with Crippen molar-refractivity contribution in [2.24, 2.45) is 0 Å². The topological polar surface area (TPSA) is 82.6 Å². The number of rotatable bonds is 8. The predicted octanol–water partition coefficient (Wildman–Crippen LogP) is 3.45. The number of alkyl halides is 1. The lowest BCUT2D eigenvalue weighted by Crippen LogP contribution is -2.45. The highest BCUT2D eigenvalue weighted by Gasteiger charge is 2.24. The second kappa shape index (κ2) is 11.3. The molecule has 1 amide bonds. The Kier molecular flexibility index (Phi) is 8.18.